The third-order valence-corrected chi connectivity index (χ3v) is 4.85. The summed E-state index contributed by atoms with van der Waals surface area (Å²) in [6.45, 7) is 3.96. The monoisotopic (exact) mass is 284 g/mol. The van der Waals surface area contributed by atoms with E-state index in [2.05, 4.69) is 0 Å². The maximum Gasteiger partial charge on any atom is 0.305 e. The minimum atomic E-state index is -0.844. The van der Waals surface area contributed by atoms with Crippen LogP contribution < -0.4 is 5.73 Å². The van der Waals surface area contributed by atoms with Gasteiger partial charge in [0.25, 0.3) is 0 Å². The molecule has 0 heterocycles. The van der Waals surface area contributed by atoms with Crippen LogP contribution in [-0.4, -0.2) is 40.5 Å². The largest absolute Gasteiger partial charge is 0.481 e. The Hall–Kier alpha value is -1.10. The van der Waals surface area contributed by atoms with E-state index in [1.807, 2.05) is 13.8 Å². The second-order valence-electron chi connectivity index (χ2n) is 6.16. The van der Waals surface area contributed by atoms with Crippen molar-refractivity contribution in [1.82, 2.24) is 4.90 Å². The van der Waals surface area contributed by atoms with E-state index in [-0.39, 0.29) is 18.2 Å². The Morgan fingerprint density at radius 3 is 2.30 bits per heavy atom. The zero-order valence-electron chi connectivity index (χ0n) is 12.9. The first-order valence-electron chi connectivity index (χ1n) is 7.59. The van der Waals surface area contributed by atoms with Gasteiger partial charge in [0.2, 0.25) is 5.91 Å². The van der Waals surface area contributed by atoms with Crippen LogP contribution in [0.2, 0.25) is 0 Å². The van der Waals surface area contributed by atoms with Crippen molar-refractivity contribution in [2.24, 2.45) is 11.7 Å². The summed E-state index contributed by atoms with van der Waals surface area (Å²) in [5.74, 6) is -0.860. The predicted octanol–water partition coefficient (Wildman–Crippen LogP) is 2.00. The van der Waals surface area contributed by atoms with Crippen molar-refractivity contribution in [3.05, 3.63) is 0 Å². The second-order valence-corrected chi connectivity index (χ2v) is 6.16. The molecule has 0 spiro atoms. The van der Waals surface area contributed by atoms with Gasteiger partial charge in [-0.3, -0.25) is 9.59 Å². The van der Waals surface area contributed by atoms with Crippen LogP contribution in [0.4, 0.5) is 0 Å². The summed E-state index contributed by atoms with van der Waals surface area (Å²) in [5.41, 5.74) is 5.48. The van der Waals surface area contributed by atoms with Crippen molar-refractivity contribution in [3.63, 3.8) is 0 Å². The standard InChI is InChI=1S/C15H28N2O3/c1-4-11(2)13(16)14(20)17(3)15(10-12(18)19)8-6-5-7-9-15/h11,13H,4-10,16H2,1-3H3,(H,18,19). The lowest BCUT2D eigenvalue weighted by atomic mass is 9.77. The molecule has 116 valence electrons. The summed E-state index contributed by atoms with van der Waals surface area (Å²) in [6, 6.07) is -0.544. The number of carbonyl (C=O) groups excluding carboxylic acids is 1. The lowest BCUT2D eigenvalue weighted by Crippen LogP contribution is -2.57. The number of carboxylic acids is 1. The number of carboxylic acid groups (broad SMARTS) is 1. The Bertz CT molecular complexity index is 351. The molecule has 1 rings (SSSR count). The number of carbonyl (C=O) groups is 2. The highest BCUT2D eigenvalue weighted by Gasteiger charge is 2.42. The zero-order valence-corrected chi connectivity index (χ0v) is 12.9. The summed E-state index contributed by atoms with van der Waals surface area (Å²) in [6.07, 6.45) is 5.44. The molecule has 1 aliphatic carbocycles. The summed E-state index contributed by atoms with van der Waals surface area (Å²) >= 11 is 0. The number of hydrogen-bond acceptors (Lipinski definition) is 3. The summed E-state index contributed by atoms with van der Waals surface area (Å²) in [5, 5.41) is 9.19. The van der Waals surface area contributed by atoms with Crippen LogP contribution in [0.3, 0.4) is 0 Å². The maximum atomic E-state index is 12.5. The molecule has 0 aliphatic heterocycles. The van der Waals surface area contributed by atoms with Crippen LogP contribution in [0, 0.1) is 5.92 Å². The highest BCUT2D eigenvalue weighted by molar-refractivity contribution is 5.83. The summed E-state index contributed by atoms with van der Waals surface area (Å²) in [7, 11) is 1.72. The van der Waals surface area contributed by atoms with Gasteiger partial charge in [-0.2, -0.15) is 0 Å². The molecule has 0 aromatic rings. The van der Waals surface area contributed by atoms with E-state index in [0.29, 0.717) is 0 Å². The second kappa shape index (κ2) is 7.07. The third-order valence-electron chi connectivity index (χ3n) is 4.85. The molecular weight excluding hydrogens is 256 g/mol. The average Bonchev–Trinajstić information content (AvgIpc) is 2.44. The average molecular weight is 284 g/mol. The molecule has 0 aromatic carbocycles. The van der Waals surface area contributed by atoms with Crippen LogP contribution in [0.1, 0.15) is 58.8 Å². The zero-order chi connectivity index (χ0) is 15.3. The fourth-order valence-corrected chi connectivity index (χ4v) is 3.08. The van der Waals surface area contributed by atoms with E-state index < -0.39 is 17.6 Å². The Morgan fingerprint density at radius 2 is 1.85 bits per heavy atom. The Morgan fingerprint density at radius 1 is 1.30 bits per heavy atom. The van der Waals surface area contributed by atoms with Crippen LogP contribution in [0.15, 0.2) is 0 Å². The van der Waals surface area contributed by atoms with Crippen LogP contribution in [0.5, 0.6) is 0 Å². The predicted molar refractivity (Wildman–Crippen MR) is 78.3 cm³/mol. The van der Waals surface area contributed by atoms with Gasteiger partial charge in [0, 0.05) is 7.05 Å². The van der Waals surface area contributed by atoms with Gasteiger partial charge in [-0.15, -0.1) is 0 Å². The van der Waals surface area contributed by atoms with Crippen LogP contribution in [-0.2, 0) is 9.59 Å². The molecule has 1 saturated carbocycles. The fourth-order valence-electron chi connectivity index (χ4n) is 3.08. The molecule has 1 aliphatic rings. The quantitative estimate of drug-likeness (QED) is 0.781. The molecule has 0 aromatic heterocycles. The van der Waals surface area contributed by atoms with Crippen molar-refractivity contribution in [2.45, 2.75) is 70.4 Å². The van der Waals surface area contributed by atoms with Gasteiger partial charge in [0.1, 0.15) is 0 Å². The van der Waals surface area contributed by atoms with Gasteiger partial charge < -0.3 is 15.7 Å². The number of likely N-dealkylation sites (N-methyl/N-ethyl adjacent to an activating group) is 1. The molecule has 1 fully saturated rings. The number of hydrogen-bond donors (Lipinski definition) is 2. The summed E-state index contributed by atoms with van der Waals surface area (Å²) in [4.78, 5) is 25.4. The van der Waals surface area contributed by atoms with E-state index >= 15 is 0 Å². The van der Waals surface area contributed by atoms with Crippen LogP contribution in [0.25, 0.3) is 0 Å². The number of nitrogens with zero attached hydrogens (tertiary/aromatic N) is 1. The van der Waals surface area contributed by atoms with Crippen molar-refractivity contribution in [3.8, 4) is 0 Å². The molecule has 0 radical (unpaired) electrons. The number of aliphatic carboxylic acids is 1. The van der Waals surface area contributed by atoms with E-state index in [0.717, 1.165) is 38.5 Å². The Kier molecular flexibility index (Phi) is 5.99. The molecule has 2 atom stereocenters. The van der Waals surface area contributed by atoms with Gasteiger partial charge in [-0.25, -0.2) is 0 Å². The van der Waals surface area contributed by atoms with Crippen molar-refractivity contribution in [1.29, 1.82) is 0 Å². The van der Waals surface area contributed by atoms with Crippen molar-refractivity contribution < 1.29 is 14.7 Å². The number of amides is 1. The molecule has 5 nitrogen and oxygen atoms in total. The highest BCUT2D eigenvalue weighted by atomic mass is 16.4. The Balaban J connectivity index is 2.89. The minimum absolute atomic E-state index is 0.0163. The first-order valence-corrected chi connectivity index (χ1v) is 7.59. The van der Waals surface area contributed by atoms with Gasteiger partial charge in [-0.05, 0) is 18.8 Å². The lowest BCUT2D eigenvalue weighted by Gasteiger charge is -2.45. The van der Waals surface area contributed by atoms with E-state index in [4.69, 9.17) is 5.73 Å². The van der Waals surface area contributed by atoms with Gasteiger partial charge in [0.15, 0.2) is 0 Å². The van der Waals surface area contributed by atoms with Crippen molar-refractivity contribution in [2.75, 3.05) is 7.05 Å². The molecular formula is C15H28N2O3. The van der Waals surface area contributed by atoms with Gasteiger partial charge in [0.05, 0.1) is 18.0 Å². The van der Waals surface area contributed by atoms with E-state index in [1.165, 1.54) is 0 Å². The highest BCUT2D eigenvalue weighted by Crippen LogP contribution is 2.36. The normalized spacial score (nSPS) is 21.0. The van der Waals surface area contributed by atoms with Crippen LogP contribution >= 0.6 is 0 Å². The van der Waals surface area contributed by atoms with Gasteiger partial charge in [-0.1, -0.05) is 39.5 Å². The number of rotatable bonds is 6. The van der Waals surface area contributed by atoms with E-state index in [9.17, 15) is 14.7 Å². The van der Waals surface area contributed by atoms with E-state index in [1.54, 1.807) is 11.9 Å². The van der Waals surface area contributed by atoms with Gasteiger partial charge >= 0.3 is 5.97 Å². The SMILES string of the molecule is CCC(C)C(N)C(=O)N(C)C1(CC(=O)O)CCCCC1. The molecule has 2 unspecified atom stereocenters. The third kappa shape index (κ3) is 3.72. The Labute approximate surface area is 121 Å². The molecule has 0 bridgehead atoms. The first kappa shape index (κ1) is 17.0. The smallest absolute Gasteiger partial charge is 0.305 e. The molecule has 3 N–H and O–H groups in total. The molecule has 5 heteroatoms. The lowest BCUT2D eigenvalue weighted by molar-refractivity contribution is -0.147. The topological polar surface area (TPSA) is 83.6 Å². The molecule has 1 amide bonds. The fraction of sp³-hybridized carbons (Fsp3) is 0.867. The molecule has 0 saturated heterocycles. The molecule has 20 heavy (non-hydrogen) atoms. The summed E-state index contributed by atoms with van der Waals surface area (Å²) < 4.78 is 0. The minimum Gasteiger partial charge on any atom is -0.481 e. The number of nitrogens with two attached hydrogens (primary N) is 1. The maximum absolute atomic E-state index is 12.5. The first-order chi connectivity index (χ1) is 9.34. The van der Waals surface area contributed by atoms with Crippen molar-refractivity contribution >= 4 is 11.9 Å².